The summed E-state index contributed by atoms with van der Waals surface area (Å²) in [5.41, 5.74) is 1.68. The van der Waals surface area contributed by atoms with Crippen molar-refractivity contribution < 1.29 is 9.18 Å². The lowest BCUT2D eigenvalue weighted by Crippen LogP contribution is -2.23. The third-order valence-corrected chi connectivity index (χ3v) is 4.36. The first-order chi connectivity index (χ1) is 9.24. The van der Waals surface area contributed by atoms with Gasteiger partial charge >= 0.3 is 0 Å². The molecule has 2 aromatic heterocycles. The number of pyridine rings is 1. The fraction of sp³-hybridized carbons (Fsp3) is 0.286. The lowest BCUT2D eigenvalue weighted by Gasteiger charge is -2.21. The minimum absolute atomic E-state index is 0.0345. The second kappa shape index (κ2) is 5.09. The summed E-state index contributed by atoms with van der Waals surface area (Å²) in [7, 11) is 0. The molecule has 1 aliphatic rings. The lowest BCUT2D eigenvalue weighted by atomic mass is 9.87. The van der Waals surface area contributed by atoms with Crippen LogP contribution >= 0.6 is 11.3 Å². The molecule has 0 saturated heterocycles. The van der Waals surface area contributed by atoms with E-state index in [9.17, 15) is 9.18 Å². The first kappa shape index (κ1) is 12.3. The summed E-state index contributed by atoms with van der Waals surface area (Å²) < 4.78 is 12.7. The van der Waals surface area contributed by atoms with E-state index in [1.807, 2.05) is 11.4 Å². The van der Waals surface area contributed by atoms with Gasteiger partial charge in [-0.15, -0.1) is 11.3 Å². The Morgan fingerprint density at radius 1 is 1.42 bits per heavy atom. The number of fused-ring (bicyclic) bond motifs is 1. The van der Waals surface area contributed by atoms with Crippen molar-refractivity contribution in [3.05, 3.63) is 46.2 Å². The van der Waals surface area contributed by atoms with Crippen molar-refractivity contribution in [1.82, 2.24) is 4.98 Å². The Morgan fingerprint density at radius 2 is 2.32 bits per heavy atom. The van der Waals surface area contributed by atoms with Crippen molar-refractivity contribution in [2.75, 3.05) is 5.32 Å². The minimum Gasteiger partial charge on any atom is -0.324 e. The summed E-state index contributed by atoms with van der Waals surface area (Å²) in [6, 6.07) is 4.80. The average molecular weight is 276 g/mol. The number of aromatic nitrogens is 1. The first-order valence-corrected chi connectivity index (χ1v) is 7.10. The summed E-state index contributed by atoms with van der Waals surface area (Å²) in [5.74, 6) is -0.677. The molecule has 1 N–H and O–H groups in total. The van der Waals surface area contributed by atoms with Crippen LogP contribution in [0, 0.1) is 5.95 Å². The number of halogens is 1. The van der Waals surface area contributed by atoms with Gasteiger partial charge in [0.1, 0.15) is 0 Å². The van der Waals surface area contributed by atoms with Crippen LogP contribution in [0.2, 0.25) is 0 Å². The van der Waals surface area contributed by atoms with Crippen LogP contribution in [0.1, 0.15) is 29.2 Å². The molecule has 0 aromatic carbocycles. The van der Waals surface area contributed by atoms with Gasteiger partial charge in [0.2, 0.25) is 11.9 Å². The van der Waals surface area contributed by atoms with Crippen molar-refractivity contribution in [3.63, 3.8) is 0 Å². The largest absolute Gasteiger partial charge is 0.324 e. The van der Waals surface area contributed by atoms with E-state index in [2.05, 4.69) is 10.3 Å². The molecular formula is C14H13FN2OS. The molecule has 1 amide bonds. The van der Waals surface area contributed by atoms with Crippen molar-refractivity contribution in [2.24, 2.45) is 0 Å². The number of carbonyl (C=O) groups is 1. The number of hydrogen-bond donors (Lipinski definition) is 1. The Labute approximate surface area is 114 Å². The molecule has 19 heavy (non-hydrogen) atoms. The van der Waals surface area contributed by atoms with Gasteiger partial charge in [0, 0.05) is 4.88 Å². The van der Waals surface area contributed by atoms with Crippen LogP contribution in [0.5, 0.6) is 0 Å². The van der Waals surface area contributed by atoms with E-state index in [4.69, 9.17) is 0 Å². The Hall–Kier alpha value is -1.75. The maximum absolute atomic E-state index is 12.7. The summed E-state index contributed by atoms with van der Waals surface area (Å²) in [5, 5.41) is 4.84. The lowest BCUT2D eigenvalue weighted by molar-refractivity contribution is -0.117. The van der Waals surface area contributed by atoms with Crippen LogP contribution < -0.4 is 5.32 Å². The highest BCUT2D eigenvalue weighted by Crippen LogP contribution is 2.35. The fourth-order valence-electron chi connectivity index (χ4n) is 2.44. The number of amides is 1. The van der Waals surface area contributed by atoms with Gasteiger partial charge in [-0.05, 0) is 48.4 Å². The van der Waals surface area contributed by atoms with Gasteiger partial charge < -0.3 is 5.32 Å². The quantitative estimate of drug-likeness (QED) is 0.855. The highest BCUT2D eigenvalue weighted by Gasteiger charge is 2.27. The monoisotopic (exact) mass is 276 g/mol. The van der Waals surface area contributed by atoms with E-state index >= 15 is 0 Å². The van der Waals surface area contributed by atoms with Crippen LogP contribution in [0.4, 0.5) is 10.1 Å². The molecule has 0 radical (unpaired) electrons. The molecule has 0 bridgehead atoms. The number of thiophene rings is 1. The number of rotatable bonds is 2. The van der Waals surface area contributed by atoms with E-state index in [0.717, 1.165) is 24.8 Å². The smallest absolute Gasteiger partial charge is 0.231 e. The number of nitrogens with zero attached hydrogens (tertiary/aromatic N) is 1. The molecule has 0 aliphatic heterocycles. The SMILES string of the molecule is O=C(Nc1ccc(F)nc1)C1CCCc2sccc21. The van der Waals surface area contributed by atoms with Crippen LogP contribution in [0.15, 0.2) is 29.8 Å². The van der Waals surface area contributed by atoms with Crippen molar-refractivity contribution in [2.45, 2.75) is 25.2 Å². The Balaban J connectivity index is 1.77. The molecule has 5 heteroatoms. The van der Waals surface area contributed by atoms with E-state index in [0.29, 0.717) is 5.69 Å². The Morgan fingerprint density at radius 3 is 3.11 bits per heavy atom. The predicted molar refractivity (Wildman–Crippen MR) is 72.8 cm³/mol. The second-order valence-corrected chi connectivity index (χ2v) is 5.60. The first-order valence-electron chi connectivity index (χ1n) is 6.23. The molecular weight excluding hydrogens is 263 g/mol. The van der Waals surface area contributed by atoms with Gasteiger partial charge in [0.05, 0.1) is 17.8 Å². The molecule has 2 heterocycles. The molecule has 0 fully saturated rings. The van der Waals surface area contributed by atoms with Gasteiger partial charge in [-0.2, -0.15) is 4.39 Å². The molecule has 1 unspecified atom stereocenters. The molecule has 3 nitrogen and oxygen atoms in total. The van der Waals surface area contributed by atoms with Crippen LogP contribution in [-0.4, -0.2) is 10.9 Å². The summed E-state index contributed by atoms with van der Waals surface area (Å²) >= 11 is 1.71. The van der Waals surface area contributed by atoms with Crippen molar-refractivity contribution >= 4 is 22.9 Å². The molecule has 0 spiro atoms. The maximum Gasteiger partial charge on any atom is 0.231 e. The van der Waals surface area contributed by atoms with Gasteiger partial charge in [-0.25, -0.2) is 4.98 Å². The van der Waals surface area contributed by atoms with Gasteiger partial charge in [0.15, 0.2) is 0 Å². The Kier molecular flexibility index (Phi) is 3.29. The number of carbonyl (C=O) groups excluding carboxylic acids is 1. The topological polar surface area (TPSA) is 42.0 Å². The second-order valence-electron chi connectivity index (χ2n) is 4.60. The summed E-state index contributed by atoms with van der Waals surface area (Å²) in [6.07, 6.45) is 4.30. The van der Waals surface area contributed by atoms with Crippen molar-refractivity contribution in [1.29, 1.82) is 0 Å². The van der Waals surface area contributed by atoms with Gasteiger partial charge in [-0.1, -0.05) is 0 Å². The maximum atomic E-state index is 12.7. The number of nitrogens with one attached hydrogen (secondary N) is 1. The van der Waals surface area contributed by atoms with E-state index in [-0.39, 0.29) is 11.8 Å². The van der Waals surface area contributed by atoms with E-state index in [1.165, 1.54) is 23.2 Å². The zero-order chi connectivity index (χ0) is 13.2. The highest BCUT2D eigenvalue weighted by molar-refractivity contribution is 7.10. The molecule has 0 saturated carbocycles. The molecule has 1 atom stereocenters. The van der Waals surface area contributed by atoms with Crippen LogP contribution in [0.3, 0.4) is 0 Å². The minimum atomic E-state index is -0.546. The van der Waals surface area contributed by atoms with Crippen LogP contribution in [0.25, 0.3) is 0 Å². The van der Waals surface area contributed by atoms with Gasteiger partial charge in [0.25, 0.3) is 0 Å². The number of aryl methyl sites for hydroxylation is 1. The van der Waals surface area contributed by atoms with Gasteiger partial charge in [-0.3, -0.25) is 4.79 Å². The zero-order valence-electron chi connectivity index (χ0n) is 10.2. The molecule has 3 rings (SSSR count). The molecule has 1 aliphatic carbocycles. The van der Waals surface area contributed by atoms with E-state index < -0.39 is 5.95 Å². The zero-order valence-corrected chi connectivity index (χ0v) is 11.0. The fourth-order valence-corrected chi connectivity index (χ4v) is 3.43. The van der Waals surface area contributed by atoms with Crippen molar-refractivity contribution in [3.8, 4) is 0 Å². The third-order valence-electron chi connectivity index (χ3n) is 3.36. The molecule has 2 aromatic rings. The third kappa shape index (κ3) is 2.51. The summed E-state index contributed by atoms with van der Waals surface area (Å²) in [6.45, 7) is 0. The molecule has 98 valence electrons. The van der Waals surface area contributed by atoms with Crippen LogP contribution in [-0.2, 0) is 11.2 Å². The normalized spacial score (nSPS) is 17.8. The highest BCUT2D eigenvalue weighted by atomic mass is 32.1. The number of hydrogen-bond acceptors (Lipinski definition) is 3. The predicted octanol–water partition coefficient (Wildman–Crippen LogP) is 3.34. The standard InChI is InChI=1S/C14H13FN2OS/c15-13-5-4-9(8-16-13)17-14(18)11-2-1-3-12-10(11)6-7-19-12/h4-8,11H,1-3H2,(H,17,18). The Bertz CT molecular complexity index is 594. The summed E-state index contributed by atoms with van der Waals surface area (Å²) in [4.78, 5) is 17.1. The van der Waals surface area contributed by atoms with E-state index in [1.54, 1.807) is 11.3 Å². The average Bonchev–Trinajstić information content (AvgIpc) is 2.89. The number of anilines is 1.